The van der Waals surface area contributed by atoms with Gasteiger partial charge in [-0.3, -0.25) is 4.79 Å². The van der Waals surface area contributed by atoms with Gasteiger partial charge in [-0.15, -0.1) is 0 Å². The average molecular weight is 270 g/mol. The van der Waals surface area contributed by atoms with Gasteiger partial charge in [0.25, 0.3) is 5.91 Å². The quantitative estimate of drug-likeness (QED) is 0.842. The number of nitrogens with two attached hydrogens (primary N) is 1. The van der Waals surface area contributed by atoms with Crippen molar-refractivity contribution in [1.82, 2.24) is 0 Å². The van der Waals surface area contributed by atoms with Crippen molar-refractivity contribution >= 4 is 17.3 Å². The molecule has 2 aromatic rings. The number of amides is 1. The molecular formula is C16H18N2O2. The number of nitrogens with one attached hydrogen (secondary N) is 1. The highest BCUT2D eigenvalue weighted by Crippen LogP contribution is 2.27. The van der Waals surface area contributed by atoms with E-state index in [1.807, 2.05) is 32.0 Å². The molecule has 0 bridgehead atoms. The maximum Gasteiger partial charge on any atom is 0.259 e. The Bertz CT molecular complexity index is 651. The van der Waals surface area contributed by atoms with Crippen molar-refractivity contribution in [2.24, 2.45) is 0 Å². The molecule has 0 saturated heterocycles. The normalized spacial score (nSPS) is 10.2. The summed E-state index contributed by atoms with van der Waals surface area (Å²) >= 11 is 0. The number of rotatable bonds is 3. The van der Waals surface area contributed by atoms with Gasteiger partial charge in [0, 0.05) is 5.69 Å². The van der Waals surface area contributed by atoms with E-state index in [1.54, 1.807) is 18.2 Å². The second-order valence-electron chi connectivity index (χ2n) is 4.63. The lowest BCUT2D eigenvalue weighted by atomic mass is 10.1. The Morgan fingerprint density at radius 3 is 2.55 bits per heavy atom. The molecule has 0 aliphatic carbocycles. The van der Waals surface area contributed by atoms with E-state index >= 15 is 0 Å². The molecule has 2 rings (SSSR count). The first-order valence-electron chi connectivity index (χ1n) is 6.34. The van der Waals surface area contributed by atoms with Gasteiger partial charge in [-0.2, -0.15) is 0 Å². The Labute approximate surface area is 118 Å². The number of hydrogen-bond donors (Lipinski definition) is 2. The van der Waals surface area contributed by atoms with Crippen LogP contribution < -0.4 is 15.8 Å². The summed E-state index contributed by atoms with van der Waals surface area (Å²) in [7, 11) is 1.50. The summed E-state index contributed by atoms with van der Waals surface area (Å²) in [5, 5.41) is 2.89. The Morgan fingerprint density at radius 2 is 1.85 bits per heavy atom. The standard InChI is InChI=1S/C16H18N2O2/c1-10-6-4-9-14(11(10)2)18-16(19)12-7-5-8-13(17)15(12)20-3/h4-9H,17H2,1-3H3,(H,18,19). The van der Waals surface area contributed by atoms with Crippen LogP contribution in [0.2, 0.25) is 0 Å². The number of carbonyl (C=O) groups is 1. The van der Waals surface area contributed by atoms with E-state index < -0.39 is 0 Å². The van der Waals surface area contributed by atoms with Crippen LogP contribution in [0.4, 0.5) is 11.4 Å². The van der Waals surface area contributed by atoms with Gasteiger partial charge < -0.3 is 15.8 Å². The van der Waals surface area contributed by atoms with Crippen molar-refractivity contribution in [3.8, 4) is 5.75 Å². The molecule has 0 aliphatic heterocycles. The predicted octanol–water partition coefficient (Wildman–Crippen LogP) is 3.15. The minimum atomic E-state index is -0.233. The SMILES string of the molecule is COc1c(N)cccc1C(=O)Nc1cccc(C)c1C. The Kier molecular flexibility index (Phi) is 3.94. The minimum absolute atomic E-state index is 0.233. The molecule has 0 aliphatic rings. The molecule has 0 radical (unpaired) electrons. The number of nitrogen functional groups attached to an aromatic ring is 1. The summed E-state index contributed by atoms with van der Waals surface area (Å²) in [4.78, 5) is 12.4. The van der Waals surface area contributed by atoms with Gasteiger partial charge in [-0.1, -0.05) is 18.2 Å². The molecule has 1 amide bonds. The highest BCUT2D eigenvalue weighted by Gasteiger charge is 2.15. The van der Waals surface area contributed by atoms with Crippen molar-refractivity contribution in [3.05, 3.63) is 53.1 Å². The molecule has 0 unspecified atom stereocenters. The second kappa shape index (κ2) is 5.65. The first-order chi connectivity index (χ1) is 9.54. The lowest BCUT2D eigenvalue weighted by Gasteiger charge is -2.13. The van der Waals surface area contributed by atoms with Gasteiger partial charge in [-0.25, -0.2) is 0 Å². The van der Waals surface area contributed by atoms with Crippen LogP contribution in [0.25, 0.3) is 0 Å². The maximum absolute atomic E-state index is 12.4. The molecule has 20 heavy (non-hydrogen) atoms. The van der Waals surface area contributed by atoms with Crippen molar-refractivity contribution in [2.45, 2.75) is 13.8 Å². The van der Waals surface area contributed by atoms with Gasteiger partial charge in [-0.05, 0) is 43.2 Å². The highest BCUT2D eigenvalue weighted by atomic mass is 16.5. The molecular weight excluding hydrogens is 252 g/mol. The molecule has 2 aromatic carbocycles. The van der Waals surface area contributed by atoms with Crippen LogP contribution in [0.15, 0.2) is 36.4 Å². The third-order valence-corrected chi connectivity index (χ3v) is 3.35. The molecule has 0 aromatic heterocycles. The number of carbonyl (C=O) groups excluding carboxylic acids is 1. The van der Waals surface area contributed by atoms with Crippen molar-refractivity contribution in [2.75, 3.05) is 18.2 Å². The number of methoxy groups -OCH3 is 1. The van der Waals surface area contributed by atoms with Gasteiger partial charge in [0.1, 0.15) is 0 Å². The van der Waals surface area contributed by atoms with E-state index in [9.17, 15) is 4.79 Å². The van der Waals surface area contributed by atoms with Crippen molar-refractivity contribution < 1.29 is 9.53 Å². The van der Waals surface area contributed by atoms with Crippen LogP contribution in [-0.2, 0) is 0 Å². The number of aryl methyl sites for hydroxylation is 1. The molecule has 0 saturated carbocycles. The van der Waals surface area contributed by atoms with E-state index in [4.69, 9.17) is 10.5 Å². The second-order valence-corrected chi connectivity index (χ2v) is 4.63. The minimum Gasteiger partial charge on any atom is -0.494 e. The topological polar surface area (TPSA) is 64.3 Å². The van der Waals surface area contributed by atoms with Gasteiger partial charge in [0.2, 0.25) is 0 Å². The van der Waals surface area contributed by atoms with Crippen LogP contribution in [0.5, 0.6) is 5.75 Å². The number of hydrogen-bond acceptors (Lipinski definition) is 3. The smallest absolute Gasteiger partial charge is 0.259 e. The lowest BCUT2D eigenvalue weighted by molar-refractivity contribution is 0.102. The van der Waals surface area contributed by atoms with Gasteiger partial charge in [0.15, 0.2) is 5.75 Å². The van der Waals surface area contributed by atoms with E-state index in [-0.39, 0.29) is 5.91 Å². The van der Waals surface area contributed by atoms with E-state index in [0.717, 1.165) is 16.8 Å². The lowest BCUT2D eigenvalue weighted by Crippen LogP contribution is -2.15. The molecule has 3 N–H and O–H groups in total. The first-order valence-corrected chi connectivity index (χ1v) is 6.34. The number of ether oxygens (including phenoxy) is 1. The average Bonchev–Trinajstić information content (AvgIpc) is 2.43. The molecule has 0 heterocycles. The van der Waals surface area contributed by atoms with Gasteiger partial charge in [0.05, 0.1) is 18.4 Å². The van der Waals surface area contributed by atoms with Crippen LogP contribution in [0, 0.1) is 13.8 Å². The summed E-state index contributed by atoms with van der Waals surface area (Å²) in [5.41, 5.74) is 9.65. The summed E-state index contributed by atoms with van der Waals surface area (Å²) < 4.78 is 5.20. The third-order valence-electron chi connectivity index (χ3n) is 3.35. The molecule has 0 fully saturated rings. The zero-order chi connectivity index (χ0) is 14.7. The molecule has 104 valence electrons. The zero-order valence-electron chi connectivity index (χ0n) is 11.9. The fourth-order valence-electron chi connectivity index (χ4n) is 2.04. The van der Waals surface area contributed by atoms with Crippen LogP contribution in [0.1, 0.15) is 21.5 Å². The number of para-hydroxylation sites is 1. The third kappa shape index (κ3) is 2.59. The molecule has 4 heteroatoms. The van der Waals surface area contributed by atoms with E-state index in [2.05, 4.69) is 5.32 Å². The Morgan fingerprint density at radius 1 is 1.15 bits per heavy atom. The molecule has 4 nitrogen and oxygen atoms in total. The van der Waals surface area contributed by atoms with Crippen LogP contribution >= 0.6 is 0 Å². The summed E-state index contributed by atoms with van der Waals surface area (Å²) in [6.45, 7) is 3.98. The predicted molar refractivity (Wildman–Crippen MR) is 81.3 cm³/mol. The van der Waals surface area contributed by atoms with Gasteiger partial charge >= 0.3 is 0 Å². The van der Waals surface area contributed by atoms with E-state index in [1.165, 1.54) is 7.11 Å². The fourth-order valence-corrected chi connectivity index (χ4v) is 2.04. The summed E-state index contributed by atoms with van der Waals surface area (Å²) in [6.07, 6.45) is 0. The van der Waals surface area contributed by atoms with Crippen molar-refractivity contribution in [3.63, 3.8) is 0 Å². The Hall–Kier alpha value is -2.49. The highest BCUT2D eigenvalue weighted by molar-refractivity contribution is 6.07. The largest absolute Gasteiger partial charge is 0.494 e. The van der Waals surface area contributed by atoms with E-state index in [0.29, 0.717) is 17.0 Å². The van der Waals surface area contributed by atoms with Crippen LogP contribution in [0.3, 0.4) is 0 Å². The molecule has 0 atom stereocenters. The number of anilines is 2. The maximum atomic E-state index is 12.4. The summed E-state index contributed by atoms with van der Waals surface area (Å²) in [6, 6.07) is 10.9. The number of benzene rings is 2. The van der Waals surface area contributed by atoms with Crippen molar-refractivity contribution in [1.29, 1.82) is 0 Å². The Balaban J connectivity index is 2.34. The molecule has 0 spiro atoms. The zero-order valence-corrected chi connectivity index (χ0v) is 11.9. The van der Waals surface area contributed by atoms with Crippen LogP contribution in [-0.4, -0.2) is 13.0 Å². The monoisotopic (exact) mass is 270 g/mol. The fraction of sp³-hybridized carbons (Fsp3) is 0.188. The summed E-state index contributed by atoms with van der Waals surface area (Å²) in [5.74, 6) is 0.165. The first kappa shape index (κ1) is 13.9.